The zero-order chi connectivity index (χ0) is 22.7. The third kappa shape index (κ3) is 6.32. The summed E-state index contributed by atoms with van der Waals surface area (Å²) in [6.07, 6.45) is 29.4. The number of hydrogen-bond acceptors (Lipinski definition) is 2. The van der Waals surface area contributed by atoms with Crippen molar-refractivity contribution < 1.29 is 9.53 Å². The average Bonchev–Trinajstić information content (AvgIpc) is 2.85. The molecule has 3 fully saturated rings. The minimum Gasteiger partial charge on any atom is -0.466 e. The molecular formula is C30H54O2. The summed E-state index contributed by atoms with van der Waals surface area (Å²) < 4.78 is 5.84. The van der Waals surface area contributed by atoms with E-state index in [0.29, 0.717) is 6.61 Å². The van der Waals surface area contributed by atoms with Crippen molar-refractivity contribution >= 4 is 5.97 Å². The summed E-state index contributed by atoms with van der Waals surface area (Å²) in [4.78, 5) is 13.6. The smallest absolute Gasteiger partial charge is 0.312 e. The molecule has 0 heterocycles. The molecule has 0 atom stereocenters. The molecule has 0 amide bonds. The molecule has 3 saturated carbocycles. The number of hydrogen-bond donors (Lipinski definition) is 0. The van der Waals surface area contributed by atoms with Crippen molar-refractivity contribution in [1.82, 2.24) is 0 Å². The summed E-state index contributed by atoms with van der Waals surface area (Å²) in [6, 6.07) is 0. The van der Waals surface area contributed by atoms with Crippen molar-refractivity contribution in [1.29, 1.82) is 0 Å². The van der Waals surface area contributed by atoms with Gasteiger partial charge in [0, 0.05) is 0 Å². The van der Waals surface area contributed by atoms with Crippen LogP contribution in [0.4, 0.5) is 0 Å². The summed E-state index contributed by atoms with van der Waals surface area (Å²) >= 11 is 0. The first kappa shape index (κ1) is 26.1. The van der Waals surface area contributed by atoms with Gasteiger partial charge in [-0.1, -0.05) is 103 Å². The van der Waals surface area contributed by atoms with Crippen LogP contribution >= 0.6 is 0 Å². The molecule has 0 bridgehead atoms. The Morgan fingerprint density at radius 2 is 1.25 bits per heavy atom. The normalized spacial score (nSPS) is 29.0. The van der Waals surface area contributed by atoms with Crippen molar-refractivity contribution in [2.24, 2.45) is 22.7 Å². The summed E-state index contributed by atoms with van der Waals surface area (Å²) in [5.74, 6) is 2.09. The van der Waals surface area contributed by atoms with Crippen LogP contribution in [0.25, 0.3) is 0 Å². The fourth-order valence-electron chi connectivity index (χ4n) is 8.03. The van der Waals surface area contributed by atoms with Gasteiger partial charge in [0.1, 0.15) is 0 Å². The summed E-state index contributed by atoms with van der Waals surface area (Å²) in [5, 5.41) is 0. The third-order valence-corrected chi connectivity index (χ3v) is 9.95. The van der Waals surface area contributed by atoms with Crippen molar-refractivity contribution in [3.8, 4) is 0 Å². The Morgan fingerprint density at radius 3 is 1.88 bits per heavy atom. The predicted octanol–water partition coefficient (Wildman–Crippen LogP) is 9.40. The van der Waals surface area contributed by atoms with Gasteiger partial charge < -0.3 is 4.74 Å². The lowest BCUT2D eigenvalue weighted by Crippen LogP contribution is -2.52. The van der Waals surface area contributed by atoms with Gasteiger partial charge in [0.2, 0.25) is 0 Å². The maximum atomic E-state index is 13.6. The van der Waals surface area contributed by atoms with Crippen LogP contribution in [0.2, 0.25) is 0 Å². The highest BCUT2D eigenvalue weighted by Gasteiger charge is 2.57. The lowest BCUT2D eigenvalue weighted by Gasteiger charge is -2.55. The molecule has 0 spiro atoms. The van der Waals surface area contributed by atoms with Gasteiger partial charge in [0.05, 0.1) is 12.0 Å². The van der Waals surface area contributed by atoms with E-state index in [9.17, 15) is 4.79 Å². The molecule has 0 radical (unpaired) electrons. The topological polar surface area (TPSA) is 26.3 Å². The Hall–Kier alpha value is -0.530. The van der Waals surface area contributed by atoms with Gasteiger partial charge in [0.15, 0.2) is 0 Å². The second-order valence-electron chi connectivity index (χ2n) is 11.8. The monoisotopic (exact) mass is 446 g/mol. The lowest BCUT2D eigenvalue weighted by atomic mass is 9.49. The van der Waals surface area contributed by atoms with Crippen molar-refractivity contribution in [3.63, 3.8) is 0 Å². The van der Waals surface area contributed by atoms with Gasteiger partial charge in [0.25, 0.3) is 0 Å². The van der Waals surface area contributed by atoms with Gasteiger partial charge in [-0.05, 0) is 69.1 Å². The Kier molecular flexibility index (Phi) is 10.9. The first-order chi connectivity index (χ1) is 15.7. The van der Waals surface area contributed by atoms with Gasteiger partial charge in [-0.25, -0.2) is 0 Å². The van der Waals surface area contributed by atoms with E-state index >= 15 is 0 Å². The highest BCUT2D eigenvalue weighted by Crippen LogP contribution is 2.61. The second-order valence-corrected chi connectivity index (χ2v) is 11.8. The third-order valence-electron chi connectivity index (χ3n) is 9.95. The number of unbranched alkanes of at least 4 members (excludes halogenated alkanes) is 6. The van der Waals surface area contributed by atoms with Gasteiger partial charge in [-0.2, -0.15) is 0 Å². The summed E-state index contributed by atoms with van der Waals surface area (Å²) in [5.41, 5.74) is 0.0370. The lowest BCUT2D eigenvalue weighted by molar-refractivity contribution is -0.174. The van der Waals surface area contributed by atoms with Gasteiger partial charge in [-0.15, -0.1) is 0 Å². The van der Waals surface area contributed by atoms with E-state index in [-0.39, 0.29) is 16.8 Å². The number of rotatable bonds is 12. The van der Waals surface area contributed by atoms with Crippen LogP contribution in [0.1, 0.15) is 155 Å². The molecule has 186 valence electrons. The van der Waals surface area contributed by atoms with E-state index in [0.717, 1.165) is 24.7 Å². The largest absolute Gasteiger partial charge is 0.466 e. The molecule has 2 nitrogen and oxygen atoms in total. The molecule has 0 aromatic carbocycles. The van der Waals surface area contributed by atoms with Crippen molar-refractivity contribution in [2.75, 3.05) is 6.61 Å². The molecule has 0 aromatic rings. The van der Waals surface area contributed by atoms with Crippen LogP contribution in [-0.2, 0) is 9.53 Å². The van der Waals surface area contributed by atoms with E-state index in [1.54, 1.807) is 0 Å². The molecule has 2 heteroatoms. The average molecular weight is 447 g/mol. The fourth-order valence-corrected chi connectivity index (χ4v) is 8.03. The highest BCUT2D eigenvalue weighted by atomic mass is 16.5. The molecule has 0 N–H and O–H groups in total. The van der Waals surface area contributed by atoms with Crippen LogP contribution < -0.4 is 0 Å². The fraction of sp³-hybridized carbons (Fsp3) is 0.967. The maximum absolute atomic E-state index is 13.6. The Labute approximate surface area is 200 Å². The first-order valence-electron chi connectivity index (χ1n) is 14.8. The summed E-state index contributed by atoms with van der Waals surface area (Å²) in [7, 11) is 0. The zero-order valence-corrected chi connectivity index (χ0v) is 21.7. The second kappa shape index (κ2) is 13.4. The molecule has 0 aliphatic heterocycles. The van der Waals surface area contributed by atoms with Crippen LogP contribution in [-0.4, -0.2) is 12.6 Å². The number of ether oxygens (including phenoxy) is 1. The van der Waals surface area contributed by atoms with E-state index < -0.39 is 0 Å². The Bertz CT molecular complexity index is 519. The van der Waals surface area contributed by atoms with Gasteiger partial charge >= 0.3 is 5.97 Å². The van der Waals surface area contributed by atoms with Gasteiger partial charge in [-0.3, -0.25) is 4.79 Å². The van der Waals surface area contributed by atoms with Crippen LogP contribution in [0.3, 0.4) is 0 Å². The number of carbonyl (C=O) groups excluding carboxylic acids is 1. The molecule has 0 aromatic heterocycles. The number of esters is 1. The van der Waals surface area contributed by atoms with E-state index in [4.69, 9.17) is 4.74 Å². The predicted molar refractivity (Wildman–Crippen MR) is 136 cm³/mol. The van der Waals surface area contributed by atoms with Crippen LogP contribution in [0, 0.1) is 22.7 Å². The molecule has 0 saturated heterocycles. The quantitative estimate of drug-likeness (QED) is 0.220. The molecular weight excluding hydrogens is 392 g/mol. The Balaban J connectivity index is 1.69. The minimum absolute atomic E-state index is 0.179. The molecule has 32 heavy (non-hydrogen) atoms. The van der Waals surface area contributed by atoms with Crippen molar-refractivity contribution in [2.45, 2.75) is 155 Å². The minimum atomic E-state index is -0.180. The molecule has 3 aliphatic rings. The molecule has 0 unspecified atom stereocenters. The van der Waals surface area contributed by atoms with Crippen LogP contribution in [0.5, 0.6) is 0 Å². The SMILES string of the molecule is CCCCCCCCC[C@]1(C2(C(=O)OCC)CCCCC2)CC[C@@H](C2CCCCC2)CC1. The summed E-state index contributed by atoms with van der Waals surface area (Å²) in [6.45, 7) is 4.84. The van der Waals surface area contributed by atoms with E-state index in [1.165, 1.54) is 128 Å². The zero-order valence-electron chi connectivity index (χ0n) is 21.7. The first-order valence-corrected chi connectivity index (χ1v) is 14.8. The standard InChI is InChI=1S/C30H54O2/c1-3-5-6-7-8-9-14-21-29(30(28(31)32-4-2)22-15-11-16-23-30)24-19-27(20-25-29)26-17-12-10-13-18-26/h26-27H,3-25H2,1-2H3/t27-,29+. The van der Waals surface area contributed by atoms with E-state index in [2.05, 4.69) is 6.92 Å². The van der Waals surface area contributed by atoms with E-state index in [1.807, 2.05) is 6.92 Å². The number of carbonyl (C=O) groups is 1. The van der Waals surface area contributed by atoms with Crippen molar-refractivity contribution in [3.05, 3.63) is 0 Å². The molecule has 3 rings (SSSR count). The Morgan fingerprint density at radius 1 is 0.688 bits per heavy atom. The van der Waals surface area contributed by atoms with Crippen LogP contribution in [0.15, 0.2) is 0 Å². The maximum Gasteiger partial charge on any atom is 0.312 e. The highest BCUT2D eigenvalue weighted by molar-refractivity contribution is 5.78. The molecule has 3 aliphatic carbocycles.